The van der Waals surface area contributed by atoms with Crippen LogP contribution >= 0.6 is 0 Å². The summed E-state index contributed by atoms with van der Waals surface area (Å²) in [5, 5.41) is 1.01. The van der Waals surface area contributed by atoms with Crippen molar-refractivity contribution in [2.45, 2.75) is 18.3 Å². The number of carbonyl (C=O) groups is 1. The summed E-state index contributed by atoms with van der Waals surface area (Å²) in [5.41, 5.74) is 8.41. The molecule has 4 nitrogen and oxygen atoms in total. The molecule has 1 aromatic heterocycles. The predicted octanol–water partition coefficient (Wildman–Crippen LogP) is 3.00. The minimum Gasteiger partial charge on any atom is -0.363 e. The van der Waals surface area contributed by atoms with Gasteiger partial charge >= 0.3 is 0 Å². The maximum atomic E-state index is 11.5. The first-order valence-electron chi connectivity index (χ1n) is 7.35. The monoisotopic (exact) mass is 289 g/mol. The Kier molecular flexibility index (Phi) is 2.89. The molecule has 4 rings (SSSR count). The number of hydrogen-bond acceptors (Lipinski definition) is 3. The zero-order valence-electron chi connectivity index (χ0n) is 11.9. The van der Waals surface area contributed by atoms with Crippen LogP contribution in [0.3, 0.4) is 0 Å². The molecule has 4 heteroatoms. The molecular formula is C18H15N3O. The maximum absolute atomic E-state index is 11.5. The van der Waals surface area contributed by atoms with Gasteiger partial charge in [-0.15, -0.1) is 0 Å². The lowest BCUT2D eigenvalue weighted by Crippen LogP contribution is -2.16. The van der Waals surface area contributed by atoms with Crippen LogP contribution in [0.5, 0.6) is 0 Å². The van der Waals surface area contributed by atoms with Crippen molar-refractivity contribution in [3.8, 4) is 0 Å². The van der Waals surface area contributed by atoms with E-state index in [1.807, 2.05) is 30.3 Å². The summed E-state index contributed by atoms with van der Waals surface area (Å²) in [6, 6.07) is 18.2. The van der Waals surface area contributed by atoms with Crippen molar-refractivity contribution in [3.63, 3.8) is 0 Å². The fourth-order valence-electron chi connectivity index (χ4n) is 3.06. The fraction of sp³-hybridized carbons (Fsp3) is 0.167. The molecule has 2 atom stereocenters. The molecule has 1 aliphatic carbocycles. The number of para-hydroxylation sites is 1. The molecule has 2 unspecified atom stereocenters. The summed E-state index contributed by atoms with van der Waals surface area (Å²) in [4.78, 5) is 20.2. The van der Waals surface area contributed by atoms with Gasteiger partial charge in [-0.1, -0.05) is 48.5 Å². The van der Waals surface area contributed by atoms with Gasteiger partial charge in [-0.25, -0.2) is 9.97 Å². The van der Waals surface area contributed by atoms with Crippen molar-refractivity contribution in [1.82, 2.24) is 9.97 Å². The Bertz CT molecular complexity index is 861. The van der Waals surface area contributed by atoms with Crippen LogP contribution in [0, 0.1) is 0 Å². The molecule has 0 radical (unpaired) electrons. The van der Waals surface area contributed by atoms with Crippen LogP contribution in [0.25, 0.3) is 10.9 Å². The number of benzene rings is 2. The van der Waals surface area contributed by atoms with Crippen molar-refractivity contribution in [2.75, 3.05) is 0 Å². The lowest BCUT2D eigenvalue weighted by molar-refractivity contribution is 0.0990. The molecule has 2 N–H and O–H groups in total. The van der Waals surface area contributed by atoms with Gasteiger partial charge in [0.2, 0.25) is 5.82 Å². The van der Waals surface area contributed by atoms with E-state index >= 15 is 0 Å². The van der Waals surface area contributed by atoms with Gasteiger partial charge in [0.1, 0.15) is 0 Å². The normalized spacial score (nSPS) is 20.0. The van der Waals surface area contributed by atoms with Gasteiger partial charge in [0, 0.05) is 11.3 Å². The number of amides is 1. The summed E-state index contributed by atoms with van der Waals surface area (Å²) >= 11 is 0. The molecule has 1 fully saturated rings. The molecular weight excluding hydrogens is 274 g/mol. The number of nitrogens with zero attached hydrogens (tertiary/aromatic N) is 2. The van der Waals surface area contributed by atoms with Gasteiger partial charge in [0.15, 0.2) is 0 Å². The number of aromatic nitrogens is 2. The zero-order chi connectivity index (χ0) is 15.1. The lowest BCUT2D eigenvalue weighted by atomic mass is 10.1. The van der Waals surface area contributed by atoms with Crippen molar-refractivity contribution in [1.29, 1.82) is 0 Å². The van der Waals surface area contributed by atoms with E-state index in [0.29, 0.717) is 11.8 Å². The van der Waals surface area contributed by atoms with E-state index in [-0.39, 0.29) is 5.82 Å². The number of fused-ring (bicyclic) bond motifs is 1. The summed E-state index contributed by atoms with van der Waals surface area (Å²) in [6.07, 6.45) is 1.04. The highest BCUT2D eigenvalue weighted by molar-refractivity contribution is 5.92. The molecule has 1 aliphatic rings. The minimum atomic E-state index is -0.580. The predicted molar refractivity (Wildman–Crippen MR) is 84.6 cm³/mol. The summed E-state index contributed by atoms with van der Waals surface area (Å²) < 4.78 is 0. The molecule has 1 heterocycles. The highest BCUT2D eigenvalue weighted by Crippen LogP contribution is 2.55. The van der Waals surface area contributed by atoms with Gasteiger partial charge in [-0.3, -0.25) is 4.79 Å². The number of carbonyl (C=O) groups excluding carboxylic acids is 1. The van der Waals surface area contributed by atoms with E-state index in [9.17, 15) is 4.79 Å². The Hall–Kier alpha value is -2.75. The van der Waals surface area contributed by atoms with E-state index in [2.05, 4.69) is 34.2 Å². The largest absolute Gasteiger partial charge is 0.363 e. The van der Waals surface area contributed by atoms with Crippen LogP contribution in [0.15, 0.2) is 54.6 Å². The van der Waals surface area contributed by atoms with E-state index in [1.165, 1.54) is 5.56 Å². The van der Waals surface area contributed by atoms with E-state index in [1.54, 1.807) is 0 Å². The molecule has 1 saturated carbocycles. The molecule has 2 aromatic carbocycles. The number of nitrogens with two attached hydrogens (primary N) is 1. The minimum absolute atomic E-state index is 0.104. The third-order valence-corrected chi connectivity index (χ3v) is 4.22. The SMILES string of the molecule is NC(=O)c1nc(C2CC2c2ccccc2)c2ccccc2n1. The quantitative estimate of drug-likeness (QED) is 0.805. The second-order valence-corrected chi connectivity index (χ2v) is 5.67. The standard InChI is InChI=1S/C18H15N3O/c19-17(22)18-20-15-9-5-4-8-12(15)16(21-18)14-10-13(14)11-6-2-1-3-7-11/h1-9,13-14H,10H2,(H2,19,22). The first-order valence-corrected chi connectivity index (χ1v) is 7.35. The molecule has 0 bridgehead atoms. The van der Waals surface area contributed by atoms with Gasteiger partial charge < -0.3 is 5.73 Å². The first-order chi connectivity index (χ1) is 10.7. The van der Waals surface area contributed by atoms with Crippen molar-refractivity contribution in [2.24, 2.45) is 5.73 Å². The Morgan fingerprint density at radius 2 is 1.68 bits per heavy atom. The smallest absolute Gasteiger partial charge is 0.286 e. The van der Waals surface area contributed by atoms with E-state index < -0.39 is 5.91 Å². The van der Waals surface area contributed by atoms with Crippen LogP contribution in [0.1, 0.15) is 40.1 Å². The van der Waals surface area contributed by atoms with Crippen LogP contribution in [-0.2, 0) is 0 Å². The van der Waals surface area contributed by atoms with E-state index in [4.69, 9.17) is 5.73 Å². The van der Waals surface area contributed by atoms with Crippen molar-refractivity contribution >= 4 is 16.8 Å². The highest BCUT2D eigenvalue weighted by Gasteiger charge is 2.41. The van der Waals surface area contributed by atoms with Crippen molar-refractivity contribution < 1.29 is 4.79 Å². The van der Waals surface area contributed by atoms with Crippen LogP contribution in [-0.4, -0.2) is 15.9 Å². The van der Waals surface area contributed by atoms with Crippen LogP contribution < -0.4 is 5.73 Å². The molecule has 1 amide bonds. The highest BCUT2D eigenvalue weighted by atomic mass is 16.1. The summed E-state index contributed by atoms with van der Waals surface area (Å²) in [6.45, 7) is 0. The van der Waals surface area contributed by atoms with Crippen molar-refractivity contribution in [3.05, 3.63) is 71.7 Å². The average Bonchev–Trinajstić information content (AvgIpc) is 3.35. The van der Waals surface area contributed by atoms with Crippen LogP contribution in [0.2, 0.25) is 0 Å². The number of primary amides is 1. The average molecular weight is 289 g/mol. The lowest BCUT2D eigenvalue weighted by Gasteiger charge is -2.07. The molecule has 0 saturated heterocycles. The Morgan fingerprint density at radius 1 is 0.955 bits per heavy atom. The topological polar surface area (TPSA) is 68.9 Å². The Morgan fingerprint density at radius 3 is 2.45 bits per heavy atom. The van der Waals surface area contributed by atoms with Gasteiger partial charge in [0.05, 0.1) is 11.2 Å². The third-order valence-electron chi connectivity index (χ3n) is 4.22. The fourth-order valence-corrected chi connectivity index (χ4v) is 3.06. The summed E-state index contributed by atoms with van der Waals surface area (Å²) in [7, 11) is 0. The van der Waals surface area contributed by atoms with Crippen LogP contribution in [0.4, 0.5) is 0 Å². The molecule has 0 aliphatic heterocycles. The molecule has 108 valence electrons. The first kappa shape index (κ1) is 13.0. The zero-order valence-corrected chi connectivity index (χ0v) is 11.9. The van der Waals surface area contributed by atoms with Gasteiger partial charge in [-0.05, 0) is 24.0 Å². The maximum Gasteiger partial charge on any atom is 0.286 e. The second-order valence-electron chi connectivity index (χ2n) is 5.67. The Balaban J connectivity index is 1.80. The Labute approximate surface area is 128 Å². The molecule has 3 aromatic rings. The van der Waals surface area contributed by atoms with E-state index in [0.717, 1.165) is 23.0 Å². The molecule has 22 heavy (non-hydrogen) atoms. The second kappa shape index (κ2) is 4.91. The number of rotatable bonds is 3. The molecule has 0 spiro atoms. The number of hydrogen-bond donors (Lipinski definition) is 1. The summed E-state index contributed by atoms with van der Waals surface area (Å²) in [5.74, 6) is 0.310. The third kappa shape index (κ3) is 2.13. The van der Waals surface area contributed by atoms with Gasteiger partial charge in [-0.2, -0.15) is 0 Å². The van der Waals surface area contributed by atoms with Gasteiger partial charge in [0.25, 0.3) is 5.91 Å².